The highest BCUT2D eigenvalue weighted by molar-refractivity contribution is 5.44. The predicted molar refractivity (Wildman–Crippen MR) is 76.2 cm³/mol. The monoisotopic (exact) mass is 271 g/mol. The summed E-state index contributed by atoms with van der Waals surface area (Å²) < 4.78 is 10.9. The summed E-state index contributed by atoms with van der Waals surface area (Å²) in [7, 11) is 1.68. The predicted octanol–water partition coefficient (Wildman–Crippen LogP) is 2.62. The van der Waals surface area contributed by atoms with Crippen LogP contribution in [0.15, 0.2) is 42.5 Å². The summed E-state index contributed by atoms with van der Waals surface area (Å²) in [5.74, 6) is 1.86. The third kappa shape index (κ3) is 2.42. The lowest BCUT2D eigenvalue weighted by molar-refractivity contribution is 0.308. The first-order valence-electron chi connectivity index (χ1n) is 6.59. The Morgan fingerprint density at radius 3 is 3.00 bits per heavy atom. The van der Waals surface area contributed by atoms with Crippen molar-refractivity contribution in [3.63, 3.8) is 0 Å². The van der Waals surface area contributed by atoms with Crippen LogP contribution in [0.25, 0.3) is 0 Å². The molecule has 3 rings (SSSR count). The number of phenolic OH excluding ortho intramolecular Hbond substituents is 1. The number of hydrogen-bond donors (Lipinski definition) is 2. The number of hydrogen-bond acceptors (Lipinski definition) is 4. The highest BCUT2D eigenvalue weighted by atomic mass is 16.5. The van der Waals surface area contributed by atoms with E-state index in [0.29, 0.717) is 13.2 Å². The second-order valence-electron chi connectivity index (χ2n) is 4.78. The van der Waals surface area contributed by atoms with Crippen molar-refractivity contribution in [2.45, 2.75) is 12.6 Å². The van der Waals surface area contributed by atoms with E-state index in [2.05, 4.69) is 5.32 Å². The second-order valence-corrected chi connectivity index (χ2v) is 4.78. The van der Waals surface area contributed by atoms with Crippen molar-refractivity contribution in [3.8, 4) is 17.2 Å². The Labute approximate surface area is 118 Å². The van der Waals surface area contributed by atoms with E-state index in [0.717, 1.165) is 22.6 Å². The molecule has 0 saturated heterocycles. The van der Waals surface area contributed by atoms with Gasteiger partial charge in [-0.05, 0) is 18.2 Å². The molecule has 1 atom stereocenters. The van der Waals surface area contributed by atoms with Gasteiger partial charge in [0, 0.05) is 23.7 Å². The summed E-state index contributed by atoms with van der Waals surface area (Å²) in [6.07, 6.45) is 0. The van der Waals surface area contributed by atoms with Crippen molar-refractivity contribution in [2.75, 3.05) is 13.7 Å². The first kappa shape index (κ1) is 12.8. The minimum atomic E-state index is 0.135. The fourth-order valence-electron chi connectivity index (χ4n) is 2.45. The molecular weight excluding hydrogens is 254 g/mol. The molecule has 0 saturated carbocycles. The van der Waals surface area contributed by atoms with Gasteiger partial charge in [-0.1, -0.05) is 18.2 Å². The quantitative estimate of drug-likeness (QED) is 0.897. The average Bonchev–Trinajstić information content (AvgIpc) is 2.87. The van der Waals surface area contributed by atoms with Crippen LogP contribution in [0, 0.1) is 0 Å². The first-order chi connectivity index (χ1) is 9.78. The van der Waals surface area contributed by atoms with E-state index in [4.69, 9.17) is 9.47 Å². The molecule has 2 aromatic carbocycles. The zero-order chi connectivity index (χ0) is 13.9. The second kappa shape index (κ2) is 5.43. The van der Waals surface area contributed by atoms with Gasteiger partial charge in [0.25, 0.3) is 0 Å². The average molecular weight is 271 g/mol. The molecule has 0 aliphatic carbocycles. The fraction of sp³-hybridized carbons (Fsp3) is 0.250. The molecule has 0 radical (unpaired) electrons. The molecule has 0 spiro atoms. The first-order valence-corrected chi connectivity index (χ1v) is 6.59. The number of methoxy groups -OCH3 is 1. The normalized spacial score (nSPS) is 16.6. The van der Waals surface area contributed by atoms with Gasteiger partial charge >= 0.3 is 0 Å². The lowest BCUT2D eigenvalue weighted by atomic mass is 10.1. The van der Waals surface area contributed by atoms with Gasteiger partial charge in [-0.2, -0.15) is 0 Å². The third-order valence-electron chi connectivity index (χ3n) is 3.51. The zero-order valence-corrected chi connectivity index (χ0v) is 11.3. The molecule has 1 heterocycles. The molecule has 20 heavy (non-hydrogen) atoms. The minimum Gasteiger partial charge on any atom is -0.508 e. The summed E-state index contributed by atoms with van der Waals surface area (Å²) in [6.45, 7) is 1.28. The molecule has 4 heteroatoms. The van der Waals surface area contributed by atoms with Crippen LogP contribution in [0.3, 0.4) is 0 Å². The summed E-state index contributed by atoms with van der Waals surface area (Å²) in [5, 5.41) is 12.9. The van der Waals surface area contributed by atoms with Crippen LogP contribution in [0.5, 0.6) is 17.2 Å². The molecule has 4 nitrogen and oxygen atoms in total. The van der Waals surface area contributed by atoms with Crippen LogP contribution in [0.1, 0.15) is 17.2 Å². The van der Waals surface area contributed by atoms with Crippen molar-refractivity contribution in [2.24, 2.45) is 0 Å². The summed E-state index contributed by atoms with van der Waals surface area (Å²) >= 11 is 0. The Hall–Kier alpha value is -2.20. The van der Waals surface area contributed by atoms with Gasteiger partial charge in [0.1, 0.15) is 23.9 Å². The lowest BCUT2D eigenvalue weighted by Crippen LogP contribution is -2.22. The molecule has 0 amide bonds. The van der Waals surface area contributed by atoms with Gasteiger partial charge in [-0.15, -0.1) is 0 Å². The molecular formula is C16H17NO3. The van der Waals surface area contributed by atoms with Gasteiger partial charge < -0.3 is 19.9 Å². The number of nitrogens with one attached hydrogen (secondary N) is 1. The summed E-state index contributed by atoms with van der Waals surface area (Å²) in [6, 6.07) is 13.3. The molecule has 0 fully saturated rings. The van der Waals surface area contributed by atoms with Crippen LogP contribution in [-0.2, 0) is 6.54 Å². The Balaban J connectivity index is 1.72. The highest BCUT2D eigenvalue weighted by Crippen LogP contribution is 2.35. The molecule has 1 aliphatic rings. The maximum atomic E-state index is 9.44. The molecule has 1 aliphatic heterocycles. The van der Waals surface area contributed by atoms with E-state index >= 15 is 0 Å². The van der Waals surface area contributed by atoms with Crippen molar-refractivity contribution in [1.82, 2.24) is 5.32 Å². The molecule has 1 unspecified atom stereocenters. The largest absolute Gasteiger partial charge is 0.508 e. The zero-order valence-electron chi connectivity index (χ0n) is 11.3. The van der Waals surface area contributed by atoms with Crippen molar-refractivity contribution < 1.29 is 14.6 Å². The summed E-state index contributed by atoms with van der Waals surface area (Å²) in [4.78, 5) is 0. The van der Waals surface area contributed by atoms with Crippen LogP contribution in [0.4, 0.5) is 0 Å². The van der Waals surface area contributed by atoms with Crippen LogP contribution >= 0.6 is 0 Å². The van der Waals surface area contributed by atoms with E-state index in [1.165, 1.54) is 0 Å². The van der Waals surface area contributed by atoms with E-state index in [-0.39, 0.29) is 11.8 Å². The molecule has 2 aromatic rings. The third-order valence-corrected chi connectivity index (χ3v) is 3.51. The molecule has 0 aromatic heterocycles. The smallest absolute Gasteiger partial charge is 0.127 e. The number of benzene rings is 2. The van der Waals surface area contributed by atoms with Crippen LogP contribution in [-0.4, -0.2) is 18.8 Å². The molecule has 0 bridgehead atoms. The number of phenols is 1. The Bertz CT molecular complexity index is 612. The standard InChI is InChI=1S/C16H17NO3/c1-19-15-5-3-2-4-11(15)9-17-14-10-20-16-8-12(18)6-7-13(14)16/h2-8,14,17-18H,9-10H2,1H3. The number of para-hydroxylation sites is 1. The van der Waals surface area contributed by atoms with Gasteiger partial charge in [0.05, 0.1) is 13.2 Å². The molecule has 2 N–H and O–H groups in total. The minimum absolute atomic E-state index is 0.135. The van der Waals surface area contributed by atoms with Gasteiger partial charge in [-0.3, -0.25) is 0 Å². The number of rotatable bonds is 4. The molecule has 104 valence electrons. The SMILES string of the molecule is COc1ccccc1CNC1COc2cc(O)ccc21. The van der Waals surface area contributed by atoms with Gasteiger partial charge in [0.15, 0.2) is 0 Å². The Kier molecular flexibility index (Phi) is 3.48. The Morgan fingerprint density at radius 1 is 1.30 bits per heavy atom. The van der Waals surface area contributed by atoms with E-state index in [1.807, 2.05) is 30.3 Å². The summed E-state index contributed by atoms with van der Waals surface area (Å²) in [5.41, 5.74) is 2.19. The van der Waals surface area contributed by atoms with Crippen molar-refractivity contribution in [1.29, 1.82) is 0 Å². The van der Waals surface area contributed by atoms with Gasteiger partial charge in [0.2, 0.25) is 0 Å². The van der Waals surface area contributed by atoms with Gasteiger partial charge in [-0.25, -0.2) is 0 Å². The van der Waals surface area contributed by atoms with Crippen LogP contribution in [0.2, 0.25) is 0 Å². The van der Waals surface area contributed by atoms with Crippen molar-refractivity contribution in [3.05, 3.63) is 53.6 Å². The lowest BCUT2D eigenvalue weighted by Gasteiger charge is -2.13. The highest BCUT2D eigenvalue weighted by Gasteiger charge is 2.24. The fourth-order valence-corrected chi connectivity index (χ4v) is 2.45. The Morgan fingerprint density at radius 2 is 2.15 bits per heavy atom. The number of fused-ring (bicyclic) bond motifs is 1. The topological polar surface area (TPSA) is 50.7 Å². The van der Waals surface area contributed by atoms with Crippen molar-refractivity contribution >= 4 is 0 Å². The van der Waals surface area contributed by atoms with E-state index in [1.54, 1.807) is 19.2 Å². The van der Waals surface area contributed by atoms with E-state index < -0.39 is 0 Å². The van der Waals surface area contributed by atoms with Crippen LogP contribution < -0.4 is 14.8 Å². The number of ether oxygens (including phenoxy) is 2. The van der Waals surface area contributed by atoms with E-state index in [9.17, 15) is 5.11 Å². The maximum Gasteiger partial charge on any atom is 0.127 e. The maximum absolute atomic E-state index is 9.44. The number of aromatic hydroxyl groups is 1.